The van der Waals surface area contributed by atoms with E-state index in [1.165, 1.54) is 49.7 Å². The molecule has 0 N–H and O–H groups in total. The van der Waals surface area contributed by atoms with Gasteiger partial charge >= 0.3 is 5.63 Å². The van der Waals surface area contributed by atoms with E-state index in [1.54, 1.807) is 19.2 Å². The lowest BCUT2D eigenvalue weighted by molar-refractivity contribution is 0.268. The van der Waals surface area contributed by atoms with Crippen LogP contribution in [0.15, 0.2) is 50.7 Å². The van der Waals surface area contributed by atoms with Gasteiger partial charge in [0, 0.05) is 0 Å². The maximum atomic E-state index is 12.8. The second-order valence-corrected chi connectivity index (χ2v) is 9.39. The van der Waals surface area contributed by atoms with E-state index in [-0.39, 0.29) is 12.4 Å². The van der Waals surface area contributed by atoms with Crippen molar-refractivity contribution in [3.05, 3.63) is 51.9 Å². The largest absolute Gasteiger partial charge is 0.496 e. The molecule has 1 aromatic heterocycles. The van der Waals surface area contributed by atoms with Gasteiger partial charge in [0.25, 0.3) is 0 Å². The van der Waals surface area contributed by atoms with Gasteiger partial charge in [-0.1, -0.05) is 75.2 Å². The molecule has 35 heavy (non-hydrogen) atoms. The van der Waals surface area contributed by atoms with Crippen LogP contribution in [0.4, 0.5) is 0 Å². The first-order valence-corrected chi connectivity index (χ1v) is 13.2. The molecule has 0 aliphatic carbocycles. The zero-order valence-corrected chi connectivity index (χ0v) is 22.4. The van der Waals surface area contributed by atoms with Gasteiger partial charge in [-0.3, -0.25) is 0 Å². The number of benzene rings is 1. The average Bonchev–Trinajstić information content (AvgIpc) is 2.83. The SMILES string of the molecule is CCCCCCCCCCOc1c(OCC=C(C)CCC=C(C)C)c(=O)oc2cccc(OC)c12. The summed E-state index contributed by atoms with van der Waals surface area (Å²) < 4.78 is 23.2. The van der Waals surface area contributed by atoms with Gasteiger partial charge in [-0.15, -0.1) is 0 Å². The zero-order chi connectivity index (χ0) is 25.5. The maximum absolute atomic E-state index is 12.8. The molecule has 0 spiro atoms. The van der Waals surface area contributed by atoms with E-state index in [2.05, 4.69) is 33.8 Å². The third kappa shape index (κ3) is 9.83. The Kier molecular flexibility index (Phi) is 13.1. The minimum atomic E-state index is -0.535. The average molecular weight is 485 g/mol. The molecular weight excluding hydrogens is 440 g/mol. The number of hydrogen-bond acceptors (Lipinski definition) is 5. The highest BCUT2D eigenvalue weighted by molar-refractivity contribution is 5.91. The molecule has 0 fully saturated rings. The highest BCUT2D eigenvalue weighted by atomic mass is 16.5. The Hall–Kier alpha value is -2.69. The van der Waals surface area contributed by atoms with E-state index < -0.39 is 5.63 Å². The van der Waals surface area contributed by atoms with E-state index in [1.807, 2.05) is 12.1 Å². The summed E-state index contributed by atoms with van der Waals surface area (Å²) in [5.41, 5.74) is 2.43. The number of allylic oxidation sites excluding steroid dienone is 3. The Morgan fingerprint density at radius 2 is 1.63 bits per heavy atom. The first-order valence-electron chi connectivity index (χ1n) is 13.2. The highest BCUT2D eigenvalue weighted by Crippen LogP contribution is 2.39. The van der Waals surface area contributed by atoms with Crippen molar-refractivity contribution in [2.75, 3.05) is 20.3 Å². The van der Waals surface area contributed by atoms with Crippen LogP contribution in [0.5, 0.6) is 17.2 Å². The number of unbranched alkanes of at least 4 members (excludes halogenated alkanes) is 7. The summed E-state index contributed by atoms with van der Waals surface area (Å²) in [5.74, 6) is 1.11. The number of methoxy groups -OCH3 is 1. The molecule has 2 rings (SSSR count). The van der Waals surface area contributed by atoms with E-state index in [0.29, 0.717) is 29.1 Å². The third-order valence-corrected chi connectivity index (χ3v) is 6.02. The lowest BCUT2D eigenvalue weighted by Gasteiger charge is -2.15. The summed E-state index contributed by atoms with van der Waals surface area (Å²) in [6, 6.07) is 5.38. The fourth-order valence-electron chi connectivity index (χ4n) is 3.97. The summed E-state index contributed by atoms with van der Waals surface area (Å²) in [6.07, 6.45) is 15.9. The standard InChI is InChI=1S/C30H44O5/c1-6-7-8-9-10-11-12-13-21-33-28-27-25(32-5)18-15-19-26(27)35-30(31)29(28)34-22-20-24(4)17-14-16-23(2)3/h15-16,18-20H,6-14,17,21-22H2,1-5H3. The van der Waals surface area contributed by atoms with Crippen LogP contribution in [0.2, 0.25) is 0 Å². The van der Waals surface area contributed by atoms with Gasteiger partial charge in [-0.2, -0.15) is 0 Å². The van der Waals surface area contributed by atoms with Gasteiger partial charge in [0.15, 0.2) is 5.75 Å². The van der Waals surface area contributed by atoms with Crippen molar-refractivity contribution in [3.8, 4) is 17.2 Å². The second-order valence-electron chi connectivity index (χ2n) is 9.39. The molecule has 0 amide bonds. The van der Waals surface area contributed by atoms with Crippen LogP contribution in [-0.4, -0.2) is 20.3 Å². The molecule has 2 aromatic rings. The zero-order valence-electron chi connectivity index (χ0n) is 22.4. The second kappa shape index (κ2) is 16.1. The Morgan fingerprint density at radius 3 is 2.31 bits per heavy atom. The van der Waals surface area contributed by atoms with Gasteiger partial charge in [0.2, 0.25) is 5.75 Å². The number of ether oxygens (including phenoxy) is 3. The Balaban J connectivity index is 2.10. The lowest BCUT2D eigenvalue weighted by atomic mass is 10.1. The van der Waals surface area contributed by atoms with Crippen molar-refractivity contribution in [1.29, 1.82) is 0 Å². The minimum absolute atomic E-state index is 0.106. The van der Waals surface area contributed by atoms with Crippen molar-refractivity contribution in [3.63, 3.8) is 0 Å². The summed E-state index contributed by atoms with van der Waals surface area (Å²) in [4.78, 5) is 12.8. The molecule has 0 saturated heterocycles. The number of hydrogen-bond donors (Lipinski definition) is 0. The normalized spacial score (nSPS) is 11.5. The summed E-state index contributed by atoms with van der Waals surface area (Å²) in [5, 5.41) is 0.633. The van der Waals surface area contributed by atoms with Crippen molar-refractivity contribution in [2.24, 2.45) is 0 Å². The summed E-state index contributed by atoms with van der Waals surface area (Å²) in [7, 11) is 1.60. The number of rotatable bonds is 17. The topological polar surface area (TPSA) is 57.9 Å². The predicted molar refractivity (Wildman–Crippen MR) is 145 cm³/mol. The molecule has 0 radical (unpaired) electrons. The molecular formula is C30H44O5. The van der Waals surface area contributed by atoms with Crippen molar-refractivity contribution < 1.29 is 18.6 Å². The van der Waals surface area contributed by atoms with Crippen molar-refractivity contribution >= 4 is 11.0 Å². The molecule has 194 valence electrons. The maximum Gasteiger partial charge on any atom is 0.383 e. The first-order chi connectivity index (χ1) is 17.0. The lowest BCUT2D eigenvalue weighted by Crippen LogP contribution is -2.11. The van der Waals surface area contributed by atoms with Crippen molar-refractivity contribution in [2.45, 2.75) is 91.9 Å². The smallest absolute Gasteiger partial charge is 0.383 e. The first kappa shape index (κ1) is 28.5. The van der Waals surface area contributed by atoms with E-state index in [0.717, 1.165) is 25.7 Å². The van der Waals surface area contributed by atoms with E-state index >= 15 is 0 Å². The Morgan fingerprint density at radius 1 is 0.914 bits per heavy atom. The quantitative estimate of drug-likeness (QED) is 0.128. The van der Waals surface area contributed by atoms with Crippen LogP contribution in [0.3, 0.4) is 0 Å². The molecule has 0 unspecified atom stereocenters. The molecule has 0 aliphatic rings. The van der Waals surface area contributed by atoms with Gasteiger partial charge in [0.1, 0.15) is 23.3 Å². The van der Waals surface area contributed by atoms with Gasteiger partial charge < -0.3 is 18.6 Å². The number of fused-ring (bicyclic) bond motifs is 1. The fraction of sp³-hybridized carbons (Fsp3) is 0.567. The molecule has 1 aromatic carbocycles. The molecule has 5 heteroatoms. The molecule has 5 nitrogen and oxygen atoms in total. The van der Waals surface area contributed by atoms with E-state index in [9.17, 15) is 4.79 Å². The third-order valence-electron chi connectivity index (χ3n) is 6.02. The fourth-order valence-corrected chi connectivity index (χ4v) is 3.97. The predicted octanol–water partition coefficient (Wildman–Crippen LogP) is 8.39. The molecule has 0 aliphatic heterocycles. The molecule has 1 heterocycles. The summed E-state index contributed by atoms with van der Waals surface area (Å²) >= 11 is 0. The van der Waals surface area contributed by atoms with Crippen LogP contribution in [0, 0.1) is 0 Å². The molecule has 0 saturated carbocycles. The van der Waals surface area contributed by atoms with Gasteiger partial charge in [0.05, 0.1) is 13.7 Å². The molecule has 0 bridgehead atoms. The molecule has 0 atom stereocenters. The Bertz CT molecular complexity index is 1010. The van der Waals surface area contributed by atoms with E-state index in [4.69, 9.17) is 18.6 Å². The van der Waals surface area contributed by atoms with Gasteiger partial charge in [-0.05, 0) is 58.2 Å². The van der Waals surface area contributed by atoms with Crippen LogP contribution >= 0.6 is 0 Å². The Labute approximate surface area is 211 Å². The minimum Gasteiger partial charge on any atom is -0.496 e. The van der Waals surface area contributed by atoms with Crippen LogP contribution in [0.25, 0.3) is 11.0 Å². The van der Waals surface area contributed by atoms with Crippen molar-refractivity contribution in [1.82, 2.24) is 0 Å². The van der Waals surface area contributed by atoms with Gasteiger partial charge in [-0.25, -0.2) is 4.79 Å². The highest BCUT2D eigenvalue weighted by Gasteiger charge is 2.20. The summed E-state index contributed by atoms with van der Waals surface area (Å²) in [6.45, 7) is 9.31. The van der Waals surface area contributed by atoms with Crippen LogP contribution in [-0.2, 0) is 0 Å². The monoisotopic (exact) mass is 484 g/mol. The van der Waals surface area contributed by atoms with Crippen LogP contribution < -0.4 is 19.8 Å². The van der Waals surface area contributed by atoms with Crippen LogP contribution in [0.1, 0.15) is 91.9 Å².